The molecule has 0 amide bonds. The van der Waals surface area contributed by atoms with Crippen LogP contribution in [0.2, 0.25) is 0 Å². The molecule has 0 saturated heterocycles. The van der Waals surface area contributed by atoms with E-state index in [1.807, 2.05) is 27.7 Å². The Labute approximate surface area is 63.6 Å². The molecule has 0 saturated carbocycles. The summed E-state index contributed by atoms with van der Waals surface area (Å²) in [6.45, 7) is 4.13. The largest absolute Gasteiger partial charge is 0.315 e. The van der Waals surface area contributed by atoms with Gasteiger partial charge in [0, 0.05) is 6.54 Å². The zero-order valence-corrected chi connectivity index (χ0v) is 7.28. The fraction of sp³-hybridized carbons (Fsp3) is 0.857. The van der Waals surface area contributed by atoms with E-state index in [0.29, 0.717) is 0 Å². The highest BCUT2D eigenvalue weighted by molar-refractivity contribution is 4.81. The second-order valence-electron chi connectivity index (χ2n) is 2.53. The molecule has 61 valence electrons. The predicted molar refractivity (Wildman–Crippen MR) is 44.5 cm³/mol. The van der Waals surface area contributed by atoms with E-state index in [1.54, 1.807) is 0 Å². The molecule has 0 atom stereocenters. The highest BCUT2D eigenvalue weighted by Gasteiger charge is 2.17. The molecule has 0 bridgehead atoms. The summed E-state index contributed by atoms with van der Waals surface area (Å²) in [5.74, 6) is 0. The number of nitrogens with one attached hydrogen (secondary N) is 3. The molecule has 0 heterocycles. The Hall–Kier alpha value is -0.120. The third-order valence-electron chi connectivity index (χ3n) is 1.82. The molecule has 0 spiro atoms. The van der Waals surface area contributed by atoms with Crippen molar-refractivity contribution >= 4 is 0 Å². The van der Waals surface area contributed by atoms with Gasteiger partial charge < -0.3 is 16.0 Å². The Morgan fingerprint density at radius 3 is 2.00 bits per heavy atom. The van der Waals surface area contributed by atoms with Gasteiger partial charge in [0.2, 0.25) is 0 Å². The van der Waals surface area contributed by atoms with Crippen LogP contribution in [-0.2, 0) is 0 Å². The minimum atomic E-state index is 0.0169. The van der Waals surface area contributed by atoms with Crippen molar-refractivity contribution in [3.63, 3.8) is 0 Å². The van der Waals surface area contributed by atoms with E-state index in [-0.39, 0.29) is 5.66 Å². The highest BCUT2D eigenvalue weighted by atomic mass is 15.2. The Balaban J connectivity index is 3.58. The van der Waals surface area contributed by atoms with E-state index in [9.17, 15) is 0 Å². The SMILES string of the molecule is CN[CH]CC(C)(NC)NC. The lowest BCUT2D eigenvalue weighted by Crippen LogP contribution is -2.51. The van der Waals surface area contributed by atoms with Gasteiger partial charge in [0.1, 0.15) is 0 Å². The first kappa shape index (κ1) is 9.88. The average molecular weight is 144 g/mol. The Morgan fingerprint density at radius 1 is 1.20 bits per heavy atom. The standard InChI is InChI=1S/C7H18N3/c1-7(9-3,10-4)5-6-8-2/h6,8-10H,5H2,1-4H3. The summed E-state index contributed by atoms with van der Waals surface area (Å²) in [5, 5.41) is 9.35. The van der Waals surface area contributed by atoms with Gasteiger partial charge >= 0.3 is 0 Å². The Morgan fingerprint density at radius 2 is 1.70 bits per heavy atom. The van der Waals surface area contributed by atoms with E-state index < -0.39 is 0 Å². The summed E-state index contributed by atoms with van der Waals surface area (Å²) in [5.41, 5.74) is 0.0169. The van der Waals surface area contributed by atoms with Crippen LogP contribution in [0.25, 0.3) is 0 Å². The molecule has 0 aromatic rings. The van der Waals surface area contributed by atoms with Crippen molar-refractivity contribution in [3.05, 3.63) is 6.54 Å². The lowest BCUT2D eigenvalue weighted by molar-refractivity contribution is 0.318. The molecule has 3 heteroatoms. The van der Waals surface area contributed by atoms with Gasteiger partial charge in [-0.2, -0.15) is 0 Å². The molecule has 3 nitrogen and oxygen atoms in total. The molecule has 0 aromatic carbocycles. The van der Waals surface area contributed by atoms with Crippen LogP contribution in [0, 0.1) is 6.54 Å². The summed E-state index contributed by atoms with van der Waals surface area (Å²) in [7, 11) is 5.80. The second-order valence-corrected chi connectivity index (χ2v) is 2.53. The molecular formula is C7H18N3. The van der Waals surface area contributed by atoms with Gasteiger partial charge in [-0.1, -0.05) is 0 Å². The van der Waals surface area contributed by atoms with Crippen LogP contribution < -0.4 is 16.0 Å². The van der Waals surface area contributed by atoms with Gasteiger partial charge in [0.05, 0.1) is 5.66 Å². The zero-order chi connectivity index (χ0) is 8.04. The molecule has 0 aliphatic rings. The topological polar surface area (TPSA) is 36.1 Å². The maximum atomic E-state index is 3.18. The summed E-state index contributed by atoms with van der Waals surface area (Å²) >= 11 is 0. The summed E-state index contributed by atoms with van der Waals surface area (Å²) < 4.78 is 0. The fourth-order valence-corrected chi connectivity index (χ4v) is 0.635. The van der Waals surface area contributed by atoms with Gasteiger partial charge in [-0.3, -0.25) is 0 Å². The third kappa shape index (κ3) is 3.15. The molecular weight excluding hydrogens is 126 g/mol. The molecule has 0 rings (SSSR count). The maximum absolute atomic E-state index is 3.18. The van der Waals surface area contributed by atoms with Crippen LogP contribution in [0.15, 0.2) is 0 Å². The summed E-state index contributed by atoms with van der Waals surface area (Å²) in [6, 6.07) is 0. The smallest absolute Gasteiger partial charge is 0.0668 e. The van der Waals surface area contributed by atoms with Crippen molar-refractivity contribution in [3.8, 4) is 0 Å². The zero-order valence-electron chi connectivity index (χ0n) is 7.28. The molecule has 0 fully saturated rings. The maximum Gasteiger partial charge on any atom is 0.0668 e. The molecule has 0 unspecified atom stereocenters. The summed E-state index contributed by atoms with van der Waals surface area (Å²) in [6.07, 6.45) is 0.955. The van der Waals surface area contributed by atoms with Crippen LogP contribution >= 0.6 is 0 Å². The van der Waals surface area contributed by atoms with E-state index in [1.165, 1.54) is 0 Å². The first-order chi connectivity index (χ1) is 4.68. The van der Waals surface area contributed by atoms with Crippen molar-refractivity contribution in [2.45, 2.75) is 19.0 Å². The van der Waals surface area contributed by atoms with E-state index in [0.717, 1.165) is 6.42 Å². The van der Waals surface area contributed by atoms with E-state index in [4.69, 9.17) is 0 Å². The van der Waals surface area contributed by atoms with Crippen molar-refractivity contribution in [2.24, 2.45) is 0 Å². The van der Waals surface area contributed by atoms with E-state index in [2.05, 4.69) is 22.9 Å². The van der Waals surface area contributed by atoms with Gasteiger partial charge in [-0.15, -0.1) is 0 Å². The molecule has 0 aromatic heterocycles. The monoisotopic (exact) mass is 144 g/mol. The van der Waals surface area contributed by atoms with E-state index >= 15 is 0 Å². The Kier molecular flexibility index (Phi) is 4.60. The van der Waals surface area contributed by atoms with Crippen LogP contribution in [0.4, 0.5) is 0 Å². The lowest BCUT2D eigenvalue weighted by atomic mass is 10.1. The van der Waals surface area contributed by atoms with Gasteiger partial charge in [0.25, 0.3) is 0 Å². The normalized spacial score (nSPS) is 12.0. The van der Waals surface area contributed by atoms with Crippen LogP contribution in [0.1, 0.15) is 13.3 Å². The van der Waals surface area contributed by atoms with Crippen molar-refractivity contribution < 1.29 is 0 Å². The molecule has 1 radical (unpaired) electrons. The fourth-order valence-electron chi connectivity index (χ4n) is 0.635. The minimum Gasteiger partial charge on any atom is -0.315 e. The minimum absolute atomic E-state index is 0.0169. The number of hydrogen-bond acceptors (Lipinski definition) is 3. The van der Waals surface area contributed by atoms with Gasteiger partial charge in [-0.25, -0.2) is 0 Å². The first-order valence-corrected chi connectivity index (χ1v) is 3.55. The lowest BCUT2D eigenvalue weighted by Gasteiger charge is -2.28. The van der Waals surface area contributed by atoms with Gasteiger partial charge in [0.15, 0.2) is 0 Å². The number of hydrogen-bond donors (Lipinski definition) is 3. The van der Waals surface area contributed by atoms with Crippen LogP contribution in [0.3, 0.4) is 0 Å². The molecule has 0 aliphatic carbocycles. The van der Waals surface area contributed by atoms with Crippen molar-refractivity contribution in [1.29, 1.82) is 0 Å². The summed E-state index contributed by atoms with van der Waals surface area (Å²) in [4.78, 5) is 0. The van der Waals surface area contributed by atoms with Gasteiger partial charge in [-0.05, 0) is 34.5 Å². The molecule has 0 aliphatic heterocycles. The number of rotatable bonds is 5. The predicted octanol–water partition coefficient (Wildman–Crippen LogP) is -0.0873. The second kappa shape index (κ2) is 4.66. The van der Waals surface area contributed by atoms with Crippen molar-refractivity contribution in [1.82, 2.24) is 16.0 Å². The molecule has 3 N–H and O–H groups in total. The van der Waals surface area contributed by atoms with Crippen LogP contribution in [-0.4, -0.2) is 26.8 Å². The van der Waals surface area contributed by atoms with Crippen molar-refractivity contribution in [2.75, 3.05) is 21.1 Å². The quantitative estimate of drug-likeness (QED) is 0.472. The third-order valence-corrected chi connectivity index (χ3v) is 1.82. The average Bonchev–Trinajstić information content (AvgIpc) is 2.00. The Bertz CT molecular complexity index is 78.9. The first-order valence-electron chi connectivity index (χ1n) is 3.55. The molecule has 10 heavy (non-hydrogen) atoms. The van der Waals surface area contributed by atoms with Crippen LogP contribution in [0.5, 0.6) is 0 Å². The highest BCUT2D eigenvalue weighted by Crippen LogP contribution is 2.03.